The van der Waals surface area contributed by atoms with Gasteiger partial charge in [-0.2, -0.15) is 0 Å². The largest absolute Gasteiger partial charge is 0.494 e. The van der Waals surface area contributed by atoms with Crippen LogP contribution in [-0.2, 0) is 6.54 Å². The first-order chi connectivity index (χ1) is 16.4. The summed E-state index contributed by atoms with van der Waals surface area (Å²) >= 11 is 5.95. The molecule has 34 heavy (non-hydrogen) atoms. The lowest BCUT2D eigenvalue weighted by Gasteiger charge is -2.17. The van der Waals surface area contributed by atoms with Gasteiger partial charge < -0.3 is 14.6 Å². The fourth-order valence-corrected chi connectivity index (χ4v) is 4.10. The van der Waals surface area contributed by atoms with Crippen molar-refractivity contribution in [1.29, 1.82) is 0 Å². The van der Waals surface area contributed by atoms with Crippen molar-refractivity contribution in [2.75, 3.05) is 6.61 Å². The van der Waals surface area contributed by atoms with Crippen LogP contribution < -0.4 is 10.1 Å². The van der Waals surface area contributed by atoms with Gasteiger partial charge in [0, 0.05) is 17.1 Å². The number of nitrogens with one attached hydrogen (secondary N) is 1. The zero-order chi connectivity index (χ0) is 24.1. The number of imidazole rings is 1. The molecule has 176 valence electrons. The Bertz CT molecular complexity index is 1280. The second-order valence-corrected chi connectivity index (χ2v) is 9.05. The topological polar surface area (TPSA) is 56.1 Å². The molecule has 1 amide bonds. The summed E-state index contributed by atoms with van der Waals surface area (Å²) in [5.74, 6) is 1.61. The van der Waals surface area contributed by atoms with Crippen LogP contribution in [0.2, 0.25) is 5.02 Å². The summed E-state index contributed by atoms with van der Waals surface area (Å²) in [4.78, 5) is 17.6. The molecule has 0 fully saturated rings. The lowest BCUT2D eigenvalue weighted by atomic mass is 10.1. The van der Waals surface area contributed by atoms with Gasteiger partial charge >= 0.3 is 0 Å². The molecule has 0 aliphatic heterocycles. The predicted octanol–water partition coefficient (Wildman–Crippen LogP) is 6.66. The third-order valence-electron chi connectivity index (χ3n) is 6.05. The smallest absolute Gasteiger partial charge is 0.251 e. The highest BCUT2D eigenvalue weighted by Gasteiger charge is 2.19. The van der Waals surface area contributed by atoms with Gasteiger partial charge in [-0.15, -0.1) is 0 Å². The van der Waals surface area contributed by atoms with E-state index in [1.807, 2.05) is 31.2 Å². The summed E-state index contributed by atoms with van der Waals surface area (Å²) in [6.07, 6.45) is 1.86. The molecule has 1 aromatic heterocycles. The highest BCUT2D eigenvalue weighted by atomic mass is 35.5. The van der Waals surface area contributed by atoms with E-state index in [2.05, 4.69) is 41.9 Å². The Morgan fingerprint density at radius 1 is 1.03 bits per heavy atom. The maximum Gasteiger partial charge on any atom is 0.251 e. The summed E-state index contributed by atoms with van der Waals surface area (Å²) in [6.45, 7) is 7.63. The van der Waals surface area contributed by atoms with Gasteiger partial charge in [-0.3, -0.25) is 4.79 Å². The average molecular weight is 476 g/mol. The summed E-state index contributed by atoms with van der Waals surface area (Å²) < 4.78 is 8.15. The molecular weight excluding hydrogens is 446 g/mol. The number of unbranched alkanes of at least 4 members (excludes halogenated alkanes) is 1. The summed E-state index contributed by atoms with van der Waals surface area (Å²) in [7, 11) is 0. The van der Waals surface area contributed by atoms with E-state index in [9.17, 15) is 4.79 Å². The zero-order valence-electron chi connectivity index (χ0n) is 19.8. The Hall–Kier alpha value is -3.31. The Balaban J connectivity index is 1.41. The first-order valence-corrected chi connectivity index (χ1v) is 12.0. The molecule has 1 unspecified atom stereocenters. The lowest BCUT2D eigenvalue weighted by molar-refractivity contribution is 0.0937. The molecule has 4 rings (SSSR count). The fourth-order valence-electron chi connectivity index (χ4n) is 3.97. The molecular formula is C28H30ClN3O2. The second-order valence-electron chi connectivity index (χ2n) is 8.61. The van der Waals surface area contributed by atoms with Crippen LogP contribution in [-0.4, -0.2) is 22.1 Å². The molecule has 6 heteroatoms. The lowest BCUT2D eigenvalue weighted by Crippen LogP contribution is -2.28. The van der Waals surface area contributed by atoms with Crippen molar-refractivity contribution in [3.63, 3.8) is 0 Å². The number of aromatic nitrogens is 2. The number of fused-ring (bicyclic) bond motifs is 1. The molecule has 0 spiro atoms. The number of carbonyl (C=O) groups is 1. The van der Waals surface area contributed by atoms with Crippen LogP contribution >= 0.6 is 11.6 Å². The number of amides is 1. The van der Waals surface area contributed by atoms with Crippen molar-refractivity contribution < 1.29 is 9.53 Å². The van der Waals surface area contributed by atoms with E-state index in [0.717, 1.165) is 42.0 Å². The zero-order valence-corrected chi connectivity index (χ0v) is 20.6. The minimum Gasteiger partial charge on any atom is -0.494 e. The summed E-state index contributed by atoms with van der Waals surface area (Å²) in [5.41, 5.74) is 5.07. The Morgan fingerprint density at radius 3 is 2.56 bits per heavy atom. The standard InChI is InChI=1S/C28H30ClN3O2/c1-19-10-15-24(18-20(19)2)34-17-7-6-16-32-26-9-5-4-8-25(26)31-27(32)21(3)30-28(33)22-11-13-23(29)14-12-22/h4-5,8-15,18,21H,6-7,16-17H2,1-3H3,(H,30,33). The maximum atomic E-state index is 12.7. The number of para-hydroxylation sites is 2. The van der Waals surface area contributed by atoms with E-state index in [1.54, 1.807) is 24.3 Å². The predicted molar refractivity (Wildman–Crippen MR) is 138 cm³/mol. The van der Waals surface area contributed by atoms with Crippen molar-refractivity contribution in [2.45, 2.75) is 46.2 Å². The van der Waals surface area contributed by atoms with Gasteiger partial charge in [-0.1, -0.05) is 29.8 Å². The molecule has 1 heterocycles. The van der Waals surface area contributed by atoms with Gasteiger partial charge in [-0.25, -0.2) is 4.98 Å². The number of hydrogen-bond donors (Lipinski definition) is 1. The quantitative estimate of drug-likeness (QED) is 0.275. The van der Waals surface area contributed by atoms with Crippen molar-refractivity contribution in [3.05, 3.63) is 94.3 Å². The van der Waals surface area contributed by atoms with Crippen LogP contribution in [0.25, 0.3) is 11.0 Å². The second kappa shape index (κ2) is 10.7. The molecule has 1 N–H and O–H groups in total. The van der Waals surface area contributed by atoms with E-state index in [0.29, 0.717) is 17.2 Å². The molecule has 1 atom stereocenters. The molecule has 5 nitrogen and oxygen atoms in total. The third-order valence-corrected chi connectivity index (χ3v) is 6.30. The number of ether oxygens (including phenoxy) is 1. The van der Waals surface area contributed by atoms with Gasteiger partial charge in [-0.05, 0) is 93.3 Å². The van der Waals surface area contributed by atoms with E-state index < -0.39 is 0 Å². The number of aryl methyl sites for hydroxylation is 3. The summed E-state index contributed by atoms with van der Waals surface area (Å²) in [5, 5.41) is 3.68. The van der Waals surface area contributed by atoms with Crippen molar-refractivity contribution in [2.24, 2.45) is 0 Å². The van der Waals surface area contributed by atoms with E-state index >= 15 is 0 Å². The number of carbonyl (C=O) groups excluding carboxylic acids is 1. The van der Waals surface area contributed by atoms with Gasteiger partial charge in [0.05, 0.1) is 23.7 Å². The van der Waals surface area contributed by atoms with E-state index in [1.165, 1.54) is 11.1 Å². The molecule has 0 radical (unpaired) electrons. The van der Waals surface area contributed by atoms with Crippen LogP contribution in [0.15, 0.2) is 66.7 Å². The third kappa shape index (κ3) is 5.60. The highest BCUT2D eigenvalue weighted by molar-refractivity contribution is 6.30. The Labute approximate surface area is 205 Å². The monoisotopic (exact) mass is 475 g/mol. The van der Waals surface area contributed by atoms with Gasteiger partial charge in [0.25, 0.3) is 5.91 Å². The highest BCUT2D eigenvalue weighted by Crippen LogP contribution is 2.23. The fraction of sp³-hybridized carbons (Fsp3) is 0.286. The van der Waals surface area contributed by atoms with Gasteiger partial charge in [0.15, 0.2) is 0 Å². The number of nitrogens with zero attached hydrogens (tertiary/aromatic N) is 2. The molecule has 0 saturated heterocycles. The van der Waals surface area contributed by atoms with Crippen LogP contribution in [0.1, 0.15) is 53.1 Å². The number of hydrogen-bond acceptors (Lipinski definition) is 3. The minimum absolute atomic E-state index is 0.149. The van der Waals surface area contributed by atoms with Gasteiger partial charge in [0.2, 0.25) is 0 Å². The normalized spacial score (nSPS) is 12.0. The van der Waals surface area contributed by atoms with E-state index in [4.69, 9.17) is 21.3 Å². The first kappa shape index (κ1) is 23.8. The Morgan fingerprint density at radius 2 is 1.79 bits per heavy atom. The molecule has 0 bridgehead atoms. The number of halogens is 1. The van der Waals surface area contributed by atoms with Crippen LogP contribution in [0, 0.1) is 13.8 Å². The van der Waals surface area contributed by atoms with Crippen LogP contribution in [0.3, 0.4) is 0 Å². The molecule has 3 aromatic carbocycles. The van der Waals surface area contributed by atoms with Crippen molar-refractivity contribution in [3.8, 4) is 5.75 Å². The first-order valence-electron chi connectivity index (χ1n) is 11.6. The van der Waals surface area contributed by atoms with E-state index in [-0.39, 0.29) is 11.9 Å². The van der Waals surface area contributed by atoms with Crippen molar-refractivity contribution >= 4 is 28.5 Å². The Kier molecular flexibility index (Phi) is 7.53. The molecule has 0 aliphatic rings. The van der Waals surface area contributed by atoms with Gasteiger partial charge in [0.1, 0.15) is 11.6 Å². The molecule has 0 saturated carbocycles. The van der Waals surface area contributed by atoms with Crippen LogP contribution in [0.4, 0.5) is 0 Å². The maximum absolute atomic E-state index is 12.7. The molecule has 0 aliphatic carbocycles. The number of benzene rings is 3. The average Bonchev–Trinajstić information content (AvgIpc) is 3.20. The summed E-state index contributed by atoms with van der Waals surface area (Å²) in [6, 6.07) is 20.9. The van der Waals surface area contributed by atoms with Crippen LogP contribution in [0.5, 0.6) is 5.75 Å². The molecule has 4 aromatic rings. The van der Waals surface area contributed by atoms with Crippen molar-refractivity contribution in [1.82, 2.24) is 14.9 Å². The number of rotatable bonds is 9. The SMILES string of the molecule is Cc1ccc(OCCCCn2c(C(C)NC(=O)c3ccc(Cl)cc3)nc3ccccc32)cc1C. The minimum atomic E-state index is -0.248.